The summed E-state index contributed by atoms with van der Waals surface area (Å²) in [6.07, 6.45) is 8.82. The number of nitrogens with one attached hydrogen (secondary N) is 1. The van der Waals surface area contributed by atoms with Gasteiger partial charge in [-0.1, -0.05) is 20.3 Å². The van der Waals surface area contributed by atoms with Crippen molar-refractivity contribution in [1.29, 1.82) is 0 Å². The quantitative estimate of drug-likeness (QED) is 0.721. The van der Waals surface area contributed by atoms with Gasteiger partial charge in [-0.2, -0.15) is 0 Å². The Hall–Kier alpha value is -0.570. The van der Waals surface area contributed by atoms with E-state index in [1.807, 2.05) is 0 Å². The van der Waals surface area contributed by atoms with Crippen molar-refractivity contribution in [2.24, 2.45) is 28.6 Å². The maximum absolute atomic E-state index is 11.8. The molecule has 1 saturated heterocycles. The average molecular weight is 291 g/mol. The van der Waals surface area contributed by atoms with E-state index >= 15 is 0 Å². The molecule has 7 atom stereocenters. The van der Waals surface area contributed by atoms with Crippen LogP contribution in [0.2, 0.25) is 0 Å². The van der Waals surface area contributed by atoms with Gasteiger partial charge in [0.1, 0.15) is 0 Å². The lowest BCUT2D eigenvalue weighted by Gasteiger charge is -2.61. The lowest BCUT2D eigenvalue weighted by Crippen LogP contribution is -2.64. The van der Waals surface area contributed by atoms with Crippen molar-refractivity contribution in [3.8, 4) is 0 Å². The van der Waals surface area contributed by atoms with Crippen LogP contribution in [0.15, 0.2) is 0 Å². The van der Waals surface area contributed by atoms with Crippen LogP contribution in [-0.4, -0.2) is 23.2 Å². The number of fused-ring (bicyclic) bond motifs is 5. The summed E-state index contributed by atoms with van der Waals surface area (Å²) in [6, 6.07) is 0.195. The summed E-state index contributed by atoms with van der Waals surface area (Å²) in [7, 11) is 0. The highest BCUT2D eigenvalue weighted by Crippen LogP contribution is 2.63. The van der Waals surface area contributed by atoms with Crippen LogP contribution in [0.3, 0.4) is 0 Å². The highest BCUT2D eigenvalue weighted by molar-refractivity contribution is 5.77. The van der Waals surface area contributed by atoms with Gasteiger partial charge in [-0.3, -0.25) is 4.79 Å². The third-order valence-electron chi connectivity index (χ3n) is 7.90. The molecule has 118 valence electrons. The average Bonchev–Trinajstić information content (AvgIpc) is 2.82. The van der Waals surface area contributed by atoms with Crippen LogP contribution in [0.5, 0.6) is 0 Å². The molecule has 1 heterocycles. The largest absolute Gasteiger partial charge is 0.393 e. The van der Waals surface area contributed by atoms with Crippen LogP contribution in [0.1, 0.15) is 65.2 Å². The number of piperidine rings is 1. The summed E-state index contributed by atoms with van der Waals surface area (Å²) in [6.45, 7) is 4.85. The molecule has 4 rings (SSSR count). The van der Waals surface area contributed by atoms with Crippen LogP contribution in [0.4, 0.5) is 0 Å². The van der Waals surface area contributed by atoms with E-state index in [1.165, 1.54) is 32.1 Å². The maximum atomic E-state index is 11.8. The number of hydrogen-bond acceptors (Lipinski definition) is 2. The lowest BCUT2D eigenvalue weighted by atomic mass is 9.47. The summed E-state index contributed by atoms with van der Waals surface area (Å²) in [5, 5.41) is 14.0. The zero-order valence-electron chi connectivity index (χ0n) is 13.4. The number of rotatable bonds is 0. The predicted octanol–water partition coefficient (Wildman–Crippen LogP) is 2.87. The Morgan fingerprint density at radius 2 is 1.95 bits per heavy atom. The van der Waals surface area contributed by atoms with Crippen molar-refractivity contribution in [3.63, 3.8) is 0 Å². The minimum Gasteiger partial charge on any atom is -0.393 e. The van der Waals surface area contributed by atoms with E-state index in [1.54, 1.807) is 0 Å². The fraction of sp³-hybridized carbons (Fsp3) is 0.944. The molecule has 0 radical (unpaired) electrons. The Balaban J connectivity index is 1.68. The molecule has 4 aliphatic rings. The van der Waals surface area contributed by atoms with E-state index in [0.29, 0.717) is 29.6 Å². The Bertz CT molecular complexity index is 464. The summed E-state index contributed by atoms with van der Waals surface area (Å²) < 4.78 is 0. The Morgan fingerprint density at radius 1 is 1.14 bits per heavy atom. The molecule has 1 amide bonds. The number of aliphatic hydroxyl groups is 1. The van der Waals surface area contributed by atoms with Crippen molar-refractivity contribution >= 4 is 5.91 Å². The van der Waals surface area contributed by atoms with E-state index in [0.717, 1.165) is 12.8 Å². The highest BCUT2D eigenvalue weighted by Gasteiger charge is 2.60. The van der Waals surface area contributed by atoms with Crippen LogP contribution in [0, 0.1) is 28.6 Å². The monoisotopic (exact) mass is 291 g/mol. The van der Waals surface area contributed by atoms with E-state index < -0.39 is 0 Å². The van der Waals surface area contributed by atoms with Gasteiger partial charge < -0.3 is 10.4 Å². The molecular formula is C18H29NO2. The third-order valence-corrected chi connectivity index (χ3v) is 7.90. The number of amides is 1. The second kappa shape index (κ2) is 4.47. The van der Waals surface area contributed by atoms with Crippen molar-refractivity contribution in [2.45, 2.75) is 77.4 Å². The van der Waals surface area contributed by atoms with Gasteiger partial charge in [0.2, 0.25) is 5.91 Å². The molecular weight excluding hydrogens is 262 g/mol. The van der Waals surface area contributed by atoms with Gasteiger partial charge in [0, 0.05) is 12.5 Å². The van der Waals surface area contributed by atoms with Gasteiger partial charge in [0.25, 0.3) is 0 Å². The number of aliphatic hydroxyl groups excluding tert-OH is 1. The maximum Gasteiger partial charge on any atom is 0.220 e. The number of hydrogen-bond donors (Lipinski definition) is 2. The fourth-order valence-electron chi connectivity index (χ4n) is 6.65. The molecule has 0 bridgehead atoms. The number of carbonyl (C=O) groups excluding carboxylic acids is 1. The topological polar surface area (TPSA) is 49.3 Å². The zero-order valence-corrected chi connectivity index (χ0v) is 13.4. The first kappa shape index (κ1) is 14.0. The van der Waals surface area contributed by atoms with Gasteiger partial charge in [0.15, 0.2) is 0 Å². The predicted molar refractivity (Wildman–Crippen MR) is 81.6 cm³/mol. The van der Waals surface area contributed by atoms with Crippen molar-refractivity contribution in [3.05, 3.63) is 0 Å². The molecule has 2 unspecified atom stereocenters. The minimum atomic E-state index is -0.214. The summed E-state index contributed by atoms with van der Waals surface area (Å²) >= 11 is 0. The van der Waals surface area contributed by atoms with Crippen molar-refractivity contribution < 1.29 is 9.90 Å². The Morgan fingerprint density at radius 3 is 2.76 bits per heavy atom. The molecule has 1 aliphatic heterocycles. The van der Waals surface area contributed by atoms with Gasteiger partial charge in [-0.25, -0.2) is 0 Å². The van der Waals surface area contributed by atoms with Gasteiger partial charge in [-0.05, 0) is 67.1 Å². The molecule has 4 fully saturated rings. The van der Waals surface area contributed by atoms with Crippen LogP contribution in [0.25, 0.3) is 0 Å². The molecule has 0 aromatic rings. The number of carbonyl (C=O) groups is 1. The first-order chi connectivity index (χ1) is 9.94. The summed E-state index contributed by atoms with van der Waals surface area (Å²) in [5.74, 6) is 1.97. The lowest BCUT2D eigenvalue weighted by molar-refractivity contribution is -0.154. The molecule has 3 heteroatoms. The van der Waals surface area contributed by atoms with Crippen LogP contribution >= 0.6 is 0 Å². The Kier molecular flexibility index (Phi) is 2.99. The minimum absolute atomic E-state index is 0.185. The molecule has 0 spiro atoms. The second-order valence-corrected chi connectivity index (χ2v) is 8.80. The smallest absolute Gasteiger partial charge is 0.220 e. The first-order valence-electron chi connectivity index (χ1n) is 8.91. The molecule has 0 aromatic carbocycles. The van der Waals surface area contributed by atoms with E-state index in [4.69, 9.17) is 0 Å². The van der Waals surface area contributed by atoms with Crippen LogP contribution in [-0.2, 0) is 4.79 Å². The van der Waals surface area contributed by atoms with Crippen molar-refractivity contribution in [1.82, 2.24) is 5.32 Å². The molecule has 3 aliphatic carbocycles. The molecule has 0 aromatic heterocycles. The normalized spacial score (nSPS) is 56.1. The second-order valence-electron chi connectivity index (χ2n) is 8.80. The summed E-state index contributed by atoms with van der Waals surface area (Å²) in [5.41, 5.74) is 0.686. The fourth-order valence-corrected chi connectivity index (χ4v) is 6.65. The molecule has 3 saturated carbocycles. The molecule has 21 heavy (non-hydrogen) atoms. The standard InChI is InChI=1S/C18H29NO2/c1-17-7-3-4-11(17)16-12(5-8-17)18(2)9-6-15(21)19-14(18)10-13(16)20/h11-14,16,20H,3-10H2,1-2H3,(H,19,21)/t11-,12+,13?,14?,16-,17-,18+/m0/s1. The molecule has 2 N–H and O–H groups in total. The molecule has 3 nitrogen and oxygen atoms in total. The SMILES string of the molecule is C[C@@]12CCC[C@H]1[C@@H]1C(O)CC3NC(=O)CC[C@]3(C)[C@@H]1CC2. The highest BCUT2D eigenvalue weighted by atomic mass is 16.3. The van der Waals surface area contributed by atoms with E-state index in [-0.39, 0.29) is 23.5 Å². The van der Waals surface area contributed by atoms with Crippen LogP contribution < -0.4 is 5.32 Å². The third kappa shape index (κ3) is 1.85. The van der Waals surface area contributed by atoms with E-state index in [2.05, 4.69) is 19.2 Å². The van der Waals surface area contributed by atoms with Gasteiger partial charge in [0.05, 0.1) is 6.10 Å². The van der Waals surface area contributed by atoms with E-state index in [9.17, 15) is 9.90 Å². The first-order valence-corrected chi connectivity index (χ1v) is 8.91. The Labute approximate surface area is 127 Å². The van der Waals surface area contributed by atoms with Crippen molar-refractivity contribution in [2.75, 3.05) is 0 Å². The van der Waals surface area contributed by atoms with Gasteiger partial charge >= 0.3 is 0 Å². The van der Waals surface area contributed by atoms with Gasteiger partial charge in [-0.15, -0.1) is 0 Å². The zero-order chi connectivity index (χ0) is 14.8. The summed E-state index contributed by atoms with van der Waals surface area (Å²) in [4.78, 5) is 11.8.